The highest BCUT2D eigenvalue weighted by Gasteiger charge is 2.40. The first kappa shape index (κ1) is 20.4. The Labute approximate surface area is 221 Å². The molecule has 1 nitrogen and oxygen atoms in total. The van der Waals surface area contributed by atoms with Gasteiger partial charge < -0.3 is 4.57 Å². The summed E-state index contributed by atoms with van der Waals surface area (Å²) >= 11 is 0. The lowest BCUT2D eigenvalue weighted by Gasteiger charge is -2.22. The first-order chi connectivity index (χ1) is 18.6. The van der Waals surface area contributed by atoms with Crippen LogP contribution in [0.4, 0.5) is 0 Å². The molecular formula is C37H25N. The summed E-state index contributed by atoms with van der Waals surface area (Å²) in [5.74, 6) is 0. The second-order valence-electron chi connectivity index (χ2n) is 11.4. The second kappa shape index (κ2) is 6.82. The van der Waals surface area contributed by atoms with Gasteiger partial charge in [-0.25, -0.2) is 0 Å². The molecule has 9 rings (SSSR count). The fourth-order valence-electron chi connectivity index (χ4n) is 7.42. The summed E-state index contributed by atoms with van der Waals surface area (Å²) in [6, 6.07) is 42.8. The highest BCUT2D eigenvalue weighted by Crippen LogP contribution is 2.58. The smallest absolute Gasteiger partial charge is 0.0548 e. The SMILES string of the molecule is CC1(C)c2cccc3c2-c2c1ccc1ccc4c(c21)c1c-3cccc1n4-c1cccc(-c2ccccc2)c1. The lowest BCUT2D eigenvalue weighted by atomic mass is 9.81. The molecule has 0 bridgehead atoms. The van der Waals surface area contributed by atoms with Gasteiger partial charge in [0, 0.05) is 21.9 Å². The monoisotopic (exact) mass is 483 g/mol. The molecule has 0 spiro atoms. The van der Waals surface area contributed by atoms with Crippen molar-refractivity contribution in [3.63, 3.8) is 0 Å². The molecule has 0 saturated heterocycles. The van der Waals surface area contributed by atoms with Crippen molar-refractivity contribution in [3.05, 3.63) is 126 Å². The molecule has 0 atom stereocenters. The first-order valence-electron chi connectivity index (χ1n) is 13.5. The van der Waals surface area contributed by atoms with Crippen LogP contribution in [0.1, 0.15) is 25.0 Å². The van der Waals surface area contributed by atoms with E-state index in [1.54, 1.807) is 0 Å². The number of rotatable bonds is 2. The first-order valence-corrected chi connectivity index (χ1v) is 13.5. The molecule has 0 saturated carbocycles. The number of hydrogen-bond acceptors (Lipinski definition) is 0. The van der Waals surface area contributed by atoms with Gasteiger partial charge in [0.05, 0.1) is 11.0 Å². The van der Waals surface area contributed by atoms with Gasteiger partial charge in [-0.1, -0.05) is 105 Å². The minimum atomic E-state index is -0.0188. The number of benzene rings is 6. The van der Waals surface area contributed by atoms with Crippen molar-refractivity contribution in [3.8, 4) is 39.1 Å². The van der Waals surface area contributed by atoms with Crippen LogP contribution in [0.3, 0.4) is 0 Å². The van der Waals surface area contributed by atoms with E-state index in [2.05, 4.69) is 134 Å². The van der Waals surface area contributed by atoms with E-state index in [-0.39, 0.29) is 5.41 Å². The average molecular weight is 484 g/mol. The summed E-state index contributed by atoms with van der Waals surface area (Å²) in [5.41, 5.74) is 14.7. The van der Waals surface area contributed by atoms with Crippen molar-refractivity contribution >= 4 is 32.6 Å². The quantitative estimate of drug-likeness (QED) is 0.230. The van der Waals surface area contributed by atoms with Crippen molar-refractivity contribution in [2.45, 2.75) is 19.3 Å². The molecule has 7 aromatic rings. The van der Waals surface area contributed by atoms with Crippen molar-refractivity contribution in [1.82, 2.24) is 4.57 Å². The molecule has 2 aliphatic carbocycles. The molecule has 0 amide bonds. The van der Waals surface area contributed by atoms with Crippen molar-refractivity contribution in [1.29, 1.82) is 0 Å². The predicted octanol–water partition coefficient (Wildman–Crippen LogP) is 9.89. The van der Waals surface area contributed by atoms with E-state index in [9.17, 15) is 0 Å². The van der Waals surface area contributed by atoms with E-state index in [4.69, 9.17) is 0 Å². The molecule has 1 aromatic heterocycles. The summed E-state index contributed by atoms with van der Waals surface area (Å²) in [5, 5.41) is 5.48. The van der Waals surface area contributed by atoms with Crippen LogP contribution in [-0.2, 0) is 5.41 Å². The van der Waals surface area contributed by atoms with E-state index in [0.29, 0.717) is 0 Å². The Morgan fingerprint density at radius 2 is 1.21 bits per heavy atom. The van der Waals surface area contributed by atoms with Crippen molar-refractivity contribution in [2.75, 3.05) is 0 Å². The highest BCUT2D eigenvalue weighted by atomic mass is 15.0. The molecule has 38 heavy (non-hydrogen) atoms. The van der Waals surface area contributed by atoms with Gasteiger partial charge >= 0.3 is 0 Å². The van der Waals surface area contributed by atoms with Gasteiger partial charge in [0.2, 0.25) is 0 Å². The zero-order valence-electron chi connectivity index (χ0n) is 21.4. The number of hydrogen-bond donors (Lipinski definition) is 0. The normalized spacial score (nSPS) is 14.3. The van der Waals surface area contributed by atoms with E-state index >= 15 is 0 Å². The average Bonchev–Trinajstić information content (AvgIpc) is 3.37. The molecule has 1 heterocycles. The van der Waals surface area contributed by atoms with Crippen LogP contribution in [0, 0.1) is 0 Å². The van der Waals surface area contributed by atoms with Gasteiger partial charge in [0.1, 0.15) is 0 Å². The molecule has 1 heteroatoms. The molecule has 0 N–H and O–H groups in total. The van der Waals surface area contributed by atoms with Crippen LogP contribution in [0.5, 0.6) is 0 Å². The maximum absolute atomic E-state index is 2.48. The summed E-state index contributed by atoms with van der Waals surface area (Å²) in [6.45, 7) is 4.77. The highest BCUT2D eigenvalue weighted by molar-refractivity contribution is 6.31. The van der Waals surface area contributed by atoms with Crippen molar-refractivity contribution < 1.29 is 0 Å². The molecule has 0 unspecified atom stereocenters. The third kappa shape index (κ3) is 2.33. The zero-order valence-corrected chi connectivity index (χ0v) is 21.4. The summed E-state index contributed by atoms with van der Waals surface area (Å²) in [4.78, 5) is 0. The Morgan fingerprint density at radius 3 is 2.11 bits per heavy atom. The lowest BCUT2D eigenvalue weighted by Crippen LogP contribution is -2.14. The topological polar surface area (TPSA) is 4.93 Å². The fourth-order valence-corrected chi connectivity index (χ4v) is 7.42. The summed E-state index contributed by atoms with van der Waals surface area (Å²) in [7, 11) is 0. The second-order valence-corrected chi connectivity index (χ2v) is 11.4. The van der Waals surface area contributed by atoms with Gasteiger partial charge in [-0.3, -0.25) is 0 Å². The molecule has 2 aliphatic rings. The van der Waals surface area contributed by atoms with E-state index in [0.717, 1.165) is 0 Å². The minimum absolute atomic E-state index is 0.0188. The van der Waals surface area contributed by atoms with Crippen molar-refractivity contribution in [2.24, 2.45) is 0 Å². The summed E-state index contributed by atoms with van der Waals surface area (Å²) in [6.07, 6.45) is 0. The Morgan fingerprint density at radius 1 is 0.500 bits per heavy atom. The molecular weight excluding hydrogens is 458 g/mol. The Hall–Kier alpha value is -4.62. The van der Waals surface area contributed by atoms with Crippen LogP contribution in [0.25, 0.3) is 71.6 Å². The van der Waals surface area contributed by atoms with E-state index < -0.39 is 0 Å². The van der Waals surface area contributed by atoms with Gasteiger partial charge in [-0.15, -0.1) is 0 Å². The van der Waals surface area contributed by atoms with Crippen LogP contribution >= 0.6 is 0 Å². The number of nitrogens with zero attached hydrogens (tertiary/aromatic N) is 1. The molecule has 178 valence electrons. The van der Waals surface area contributed by atoms with E-state index in [1.807, 2.05) is 0 Å². The third-order valence-electron chi connectivity index (χ3n) is 9.10. The molecule has 0 radical (unpaired) electrons. The fraction of sp³-hybridized carbons (Fsp3) is 0.0811. The van der Waals surface area contributed by atoms with Gasteiger partial charge in [-0.2, -0.15) is 0 Å². The predicted molar refractivity (Wildman–Crippen MR) is 160 cm³/mol. The largest absolute Gasteiger partial charge is 0.309 e. The Bertz CT molecular complexity index is 2140. The zero-order chi connectivity index (χ0) is 25.2. The Kier molecular flexibility index (Phi) is 3.67. The molecule has 0 aliphatic heterocycles. The van der Waals surface area contributed by atoms with Gasteiger partial charge in [0.25, 0.3) is 0 Å². The summed E-state index contributed by atoms with van der Waals surface area (Å²) < 4.78 is 2.48. The van der Waals surface area contributed by atoms with Crippen LogP contribution < -0.4 is 0 Å². The standard InChI is InChI=1S/C37H25N/c1-37(2)28-15-7-13-26-27-14-8-16-30-34(27)36-31(20-18-23-17-19-29(37)35(32(23)36)33(26)28)38(30)25-12-6-11-24(21-25)22-9-4-3-5-10-22/h3-21H,1-2H3. The minimum Gasteiger partial charge on any atom is -0.309 e. The number of aromatic nitrogens is 1. The lowest BCUT2D eigenvalue weighted by molar-refractivity contribution is 0.661. The van der Waals surface area contributed by atoms with Crippen LogP contribution in [0.15, 0.2) is 115 Å². The van der Waals surface area contributed by atoms with Gasteiger partial charge in [0.15, 0.2) is 0 Å². The third-order valence-corrected chi connectivity index (χ3v) is 9.10. The van der Waals surface area contributed by atoms with Crippen LogP contribution in [0.2, 0.25) is 0 Å². The number of fused-ring (bicyclic) bond motifs is 1. The molecule has 0 fully saturated rings. The maximum Gasteiger partial charge on any atom is 0.0548 e. The van der Waals surface area contributed by atoms with Crippen LogP contribution in [-0.4, -0.2) is 4.57 Å². The van der Waals surface area contributed by atoms with Gasteiger partial charge in [-0.05, 0) is 79.5 Å². The van der Waals surface area contributed by atoms with E-state index in [1.165, 1.54) is 82.8 Å². The maximum atomic E-state index is 2.48. The Balaban J connectivity index is 1.49. The molecule has 6 aromatic carbocycles.